The quantitative estimate of drug-likeness (QED) is 0.904. The van der Waals surface area contributed by atoms with Gasteiger partial charge in [0.2, 0.25) is 5.91 Å². The Morgan fingerprint density at radius 3 is 2.48 bits per heavy atom. The highest BCUT2D eigenvalue weighted by Crippen LogP contribution is 2.16. The molecule has 2 fully saturated rings. The molecule has 0 aromatic heterocycles. The lowest BCUT2D eigenvalue weighted by molar-refractivity contribution is -0.921. The van der Waals surface area contributed by atoms with Crippen molar-refractivity contribution < 1.29 is 9.69 Å². The number of hydrogen-bond acceptors (Lipinski definition) is 1. The molecule has 126 valence electrons. The minimum atomic E-state index is 0.256. The summed E-state index contributed by atoms with van der Waals surface area (Å²) in [4.78, 5) is 16.5. The van der Waals surface area contributed by atoms with Crippen LogP contribution in [0.5, 0.6) is 0 Å². The van der Waals surface area contributed by atoms with Gasteiger partial charge in [0.1, 0.15) is 6.54 Å². The number of benzene rings is 1. The molecular formula is C20H31N2O+. The van der Waals surface area contributed by atoms with E-state index in [9.17, 15) is 4.79 Å². The lowest BCUT2D eigenvalue weighted by atomic mass is 9.95. The third-order valence-electron chi connectivity index (χ3n) is 5.52. The highest BCUT2D eigenvalue weighted by atomic mass is 16.2. The fourth-order valence-corrected chi connectivity index (χ4v) is 4.08. The number of nitrogens with one attached hydrogen (secondary N) is 1. The van der Waals surface area contributed by atoms with Gasteiger partial charge in [-0.25, -0.2) is 0 Å². The first-order valence-electron chi connectivity index (χ1n) is 9.46. The fourth-order valence-electron chi connectivity index (χ4n) is 4.08. The summed E-state index contributed by atoms with van der Waals surface area (Å²) in [5, 5.41) is 0. The first-order valence-corrected chi connectivity index (χ1v) is 9.46. The maximum atomic E-state index is 12.7. The van der Waals surface area contributed by atoms with Crippen molar-refractivity contribution >= 4 is 5.91 Å². The van der Waals surface area contributed by atoms with E-state index in [-0.39, 0.29) is 5.92 Å². The van der Waals surface area contributed by atoms with Gasteiger partial charge < -0.3 is 9.80 Å². The molecule has 2 saturated heterocycles. The van der Waals surface area contributed by atoms with Crippen molar-refractivity contribution in [1.82, 2.24) is 4.90 Å². The first kappa shape index (κ1) is 16.5. The van der Waals surface area contributed by atoms with Crippen LogP contribution in [0.3, 0.4) is 0 Å². The van der Waals surface area contributed by atoms with Crippen molar-refractivity contribution in [3.8, 4) is 0 Å². The third kappa shape index (κ3) is 4.35. The molecule has 1 N–H and O–H groups in total. The first-order chi connectivity index (χ1) is 11.3. The molecule has 2 aliphatic heterocycles. The van der Waals surface area contributed by atoms with Crippen LogP contribution in [-0.4, -0.2) is 37.0 Å². The zero-order valence-corrected chi connectivity index (χ0v) is 14.5. The van der Waals surface area contributed by atoms with Gasteiger partial charge in [0.25, 0.3) is 0 Å². The molecule has 1 aromatic rings. The predicted molar refractivity (Wildman–Crippen MR) is 93.4 cm³/mol. The largest absolute Gasteiger partial charge is 0.342 e. The monoisotopic (exact) mass is 315 g/mol. The van der Waals surface area contributed by atoms with E-state index in [0.717, 1.165) is 39.0 Å². The van der Waals surface area contributed by atoms with E-state index in [1.54, 1.807) is 4.90 Å². The predicted octanol–water partition coefficient (Wildman–Crippen LogP) is 2.06. The van der Waals surface area contributed by atoms with Crippen molar-refractivity contribution in [2.45, 2.75) is 52.0 Å². The average molecular weight is 315 g/mol. The van der Waals surface area contributed by atoms with Crippen molar-refractivity contribution in [1.29, 1.82) is 0 Å². The van der Waals surface area contributed by atoms with Crippen molar-refractivity contribution in [3.05, 3.63) is 35.4 Å². The Kier molecular flexibility index (Phi) is 5.71. The van der Waals surface area contributed by atoms with E-state index < -0.39 is 0 Å². The molecule has 3 rings (SSSR count). The second-order valence-corrected chi connectivity index (χ2v) is 7.28. The standard InChI is InChI=1S/C20H30N2O/c1-2-17-8-10-18(11-9-17)15-21-12-6-7-19(16-21)20(23)22-13-4-3-5-14-22/h8-11,19H,2-7,12-16H2,1H3/p+1/t19-/m0/s1. The summed E-state index contributed by atoms with van der Waals surface area (Å²) < 4.78 is 0. The number of rotatable bonds is 4. The van der Waals surface area contributed by atoms with Crippen LogP contribution in [0.15, 0.2) is 24.3 Å². The Hall–Kier alpha value is -1.35. The summed E-state index contributed by atoms with van der Waals surface area (Å²) in [6.45, 7) is 7.46. The van der Waals surface area contributed by atoms with Crippen molar-refractivity contribution in [3.63, 3.8) is 0 Å². The molecule has 1 aromatic carbocycles. The van der Waals surface area contributed by atoms with E-state index in [4.69, 9.17) is 0 Å². The molecule has 2 aliphatic rings. The summed E-state index contributed by atoms with van der Waals surface area (Å²) in [6.07, 6.45) is 7.06. The normalized spacial score (nSPS) is 25.3. The summed E-state index contributed by atoms with van der Waals surface area (Å²) >= 11 is 0. The lowest BCUT2D eigenvalue weighted by Crippen LogP contribution is -3.12. The van der Waals surface area contributed by atoms with E-state index in [1.807, 2.05) is 0 Å². The van der Waals surface area contributed by atoms with Crippen LogP contribution in [0, 0.1) is 5.92 Å². The molecule has 3 heteroatoms. The topological polar surface area (TPSA) is 24.8 Å². The van der Waals surface area contributed by atoms with Crippen molar-refractivity contribution in [2.75, 3.05) is 26.2 Å². The van der Waals surface area contributed by atoms with Crippen LogP contribution >= 0.6 is 0 Å². The highest BCUT2D eigenvalue weighted by molar-refractivity contribution is 5.79. The van der Waals surface area contributed by atoms with Crippen LogP contribution in [0.1, 0.15) is 50.2 Å². The Balaban J connectivity index is 1.55. The van der Waals surface area contributed by atoms with Gasteiger partial charge >= 0.3 is 0 Å². The summed E-state index contributed by atoms with van der Waals surface area (Å²) in [7, 11) is 0. The SMILES string of the molecule is CCc1ccc(C[NH+]2CCC[C@H](C(=O)N3CCCCC3)C2)cc1. The fraction of sp³-hybridized carbons (Fsp3) is 0.650. The smallest absolute Gasteiger partial charge is 0.231 e. The Bertz CT molecular complexity index is 505. The average Bonchev–Trinajstić information content (AvgIpc) is 2.63. The maximum absolute atomic E-state index is 12.7. The van der Waals surface area contributed by atoms with E-state index in [1.165, 1.54) is 43.4 Å². The van der Waals surface area contributed by atoms with E-state index >= 15 is 0 Å². The van der Waals surface area contributed by atoms with Gasteiger partial charge in [0, 0.05) is 18.7 Å². The van der Waals surface area contributed by atoms with E-state index in [2.05, 4.69) is 36.1 Å². The van der Waals surface area contributed by atoms with Gasteiger partial charge in [0.15, 0.2) is 0 Å². The number of carbonyl (C=O) groups excluding carboxylic acids is 1. The number of quaternary nitrogens is 1. The Morgan fingerprint density at radius 2 is 1.78 bits per heavy atom. The van der Waals surface area contributed by atoms with Crippen LogP contribution in [0.2, 0.25) is 0 Å². The Morgan fingerprint density at radius 1 is 1.09 bits per heavy atom. The highest BCUT2D eigenvalue weighted by Gasteiger charge is 2.32. The number of aryl methyl sites for hydroxylation is 1. The minimum absolute atomic E-state index is 0.256. The lowest BCUT2D eigenvalue weighted by Gasteiger charge is -2.34. The summed E-state index contributed by atoms with van der Waals surface area (Å²) in [5.41, 5.74) is 2.81. The zero-order valence-electron chi connectivity index (χ0n) is 14.5. The second kappa shape index (κ2) is 7.96. The third-order valence-corrected chi connectivity index (χ3v) is 5.52. The minimum Gasteiger partial charge on any atom is -0.342 e. The van der Waals surface area contributed by atoms with Crippen LogP contribution in [-0.2, 0) is 17.8 Å². The number of likely N-dealkylation sites (tertiary alicyclic amines) is 2. The molecule has 3 nitrogen and oxygen atoms in total. The van der Waals surface area contributed by atoms with Crippen LogP contribution in [0.4, 0.5) is 0 Å². The summed E-state index contributed by atoms with van der Waals surface area (Å²) in [5.74, 6) is 0.690. The molecule has 0 saturated carbocycles. The number of hydrogen-bond donors (Lipinski definition) is 1. The number of carbonyl (C=O) groups is 1. The maximum Gasteiger partial charge on any atom is 0.231 e. The molecule has 23 heavy (non-hydrogen) atoms. The van der Waals surface area contributed by atoms with Gasteiger partial charge in [0.05, 0.1) is 19.0 Å². The molecule has 0 radical (unpaired) electrons. The molecule has 0 spiro atoms. The summed E-state index contributed by atoms with van der Waals surface area (Å²) in [6, 6.07) is 9.02. The van der Waals surface area contributed by atoms with Crippen LogP contribution in [0.25, 0.3) is 0 Å². The number of nitrogens with zero attached hydrogens (tertiary/aromatic N) is 1. The Labute approximate surface area is 140 Å². The molecule has 0 aliphatic carbocycles. The van der Waals surface area contributed by atoms with Gasteiger partial charge in [-0.3, -0.25) is 4.79 Å². The van der Waals surface area contributed by atoms with Gasteiger partial charge in [-0.15, -0.1) is 0 Å². The number of piperidine rings is 2. The molecule has 1 amide bonds. The van der Waals surface area contributed by atoms with Crippen molar-refractivity contribution in [2.24, 2.45) is 5.92 Å². The van der Waals surface area contributed by atoms with Crippen LogP contribution < -0.4 is 4.90 Å². The van der Waals surface area contributed by atoms with Gasteiger partial charge in [-0.1, -0.05) is 31.2 Å². The molecule has 0 bridgehead atoms. The van der Waals surface area contributed by atoms with E-state index in [0.29, 0.717) is 5.91 Å². The molecule has 2 atom stereocenters. The van der Waals surface area contributed by atoms with Gasteiger partial charge in [-0.2, -0.15) is 0 Å². The number of amides is 1. The molecular weight excluding hydrogens is 284 g/mol. The van der Waals surface area contributed by atoms with Gasteiger partial charge in [-0.05, 0) is 44.1 Å². The molecule has 2 heterocycles. The second-order valence-electron chi connectivity index (χ2n) is 7.28. The molecule has 1 unspecified atom stereocenters. The zero-order chi connectivity index (χ0) is 16.1.